The van der Waals surface area contributed by atoms with E-state index in [4.69, 9.17) is 9.47 Å². The van der Waals surface area contributed by atoms with Crippen LogP contribution >= 0.6 is 0 Å². The minimum Gasteiger partial charge on any atom is -0.486 e. The lowest BCUT2D eigenvalue weighted by molar-refractivity contribution is -0.132. The number of hydrogen-bond acceptors (Lipinski definition) is 3. The molecule has 1 atom stereocenters. The molecule has 0 aromatic heterocycles. The topological polar surface area (TPSA) is 38.8 Å². The standard InChI is InChI=1S/C20H27NO3/c22-20(10-7-15-4-1-2-5-15)21-11-3-6-17(21)16-8-9-18-19(14-16)24-13-12-23-18/h8-9,14-15,17H,1-7,10-13H2. The van der Waals surface area contributed by atoms with E-state index < -0.39 is 0 Å². The van der Waals surface area contributed by atoms with Crippen LogP contribution in [0.3, 0.4) is 0 Å². The van der Waals surface area contributed by atoms with Crippen LogP contribution in [0.4, 0.5) is 0 Å². The summed E-state index contributed by atoms with van der Waals surface area (Å²) >= 11 is 0. The number of hydrogen-bond donors (Lipinski definition) is 0. The summed E-state index contributed by atoms with van der Waals surface area (Å²) in [6.07, 6.45) is 9.26. The molecule has 130 valence electrons. The second kappa shape index (κ2) is 7.04. The van der Waals surface area contributed by atoms with Gasteiger partial charge in [0.2, 0.25) is 5.91 Å². The Labute approximate surface area is 144 Å². The normalized spacial score (nSPS) is 23.7. The van der Waals surface area contributed by atoms with Crippen LogP contribution < -0.4 is 9.47 Å². The van der Waals surface area contributed by atoms with E-state index in [0.717, 1.165) is 43.2 Å². The zero-order chi connectivity index (χ0) is 16.4. The highest BCUT2D eigenvalue weighted by Crippen LogP contribution is 2.38. The third kappa shape index (κ3) is 3.24. The molecule has 3 aliphatic rings. The number of benzene rings is 1. The zero-order valence-corrected chi connectivity index (χ0v) is 14.3. The molecule has 1 aromatic carbocycles. The first-order valence-corrected chi connectivity index (χ1v) is 9.50. The Hall–Kier alpha value is -1.71. The summed E-state index contributed by atoms with van der Waals surface area (Å²) in [7, 11) is 0. The molecule has 4 rings (SSSR count). The minimum atomic E-state index is 0.205. The molecule has 1 saturated heterocycles. The molecule has 2 aliphatic heterocycles. The van der Waals surface area contributed by atoms with Gasteiger partial charge in [-0.1, -0.05) is 31.7 Å². The maximum atomic E-state index is 12.7. The van der Waals surface area contributed by atoms with Gasteiger partial charge < -0.3 is 14.4 Å². The number of amides is 1. The highest BCUT2D eigenvalue weighted by molar-refractivity contribution is 5.77. The number of carbonyl (C=O) groups excluding carboxylic acids is 1. The zero-order valence-electron chi connectivity index (χ0n) is 14.3. The van der Waals surface area contributed by atoms with Gasteiger partial charge in [0, 0.05) is 13.0 Å². The SMILES string of the molecule is O=C(CCC1CCCC1)N1CCCC1c1ccc2c(c1)OCCO2. The molecule has 0 bridgehead atoms. The van der Waals surface area contributed by atoms with Crippen molar-refractivity contribution in [2.24, 2.45) is 5.92 Å². The number of likely N-dealkylation sites (tertiary alicyclic amines) is 1. The predicted molar refractivity (Wildman–Crippen MR) is 92.3 cm³/mol. The second-order valence-electron chi connectivity index (χ2n) is 7.34. The number of carbonyl (C=O) groups is 1. The van der Waals surface area contributed by atoms with Gasteiger partial charge in [0.05, 0.1) is 6.04 Å². The Balaban J connectivity index is 1.43. The van der Waals surface area contributed by atoms with Crippen LogP contribution in [0.1, 0.15) is 63.0 Å². The molecular weight excluding hydrogens is 302 g/mol. The summed E-state index contributed by atoms with van der Waals surface area (Å²) in [5, 5.41) is 0. The van der Waals surface area contributed by atoms with E-state index in [-0.39, 0.29) is 6.04 Å². The predicted octanol–water partition coefficient (Wildman–Crippen LogP) is 4.09. The molecule has 1 aliphatic carbocycles. The van der Waals surface area contributed by atoms with E-state index in [1.165, 1.54) is 31.2 Å². The van der Waals surface area contributed by atoms with Crippen LogP contribution in [0.5, 0.6) is 11.5 Å². The van der Waals surface area contributed by atoms with Crippen molar-refractivity contribution in [3.8, 4) is 11.5 Å². The Morgan fingerprint density at radius 2 is 1.83 bits per heavy atom. The summed E-state index contributed by atoms with van der Waals surface area (Å²) in [5.74, 6) is 2.76. The Morgan fingerprint density at radius 1 is 1.04 bits per heavy atom. The molecule has 1 aromatic rings. The van der Waals surface area contributed by atoms with Gasteiger partial charge in [-0.05, 0) is 42.9 Å². The fourth-order valence-corrected chi connectivity index (χ4v) is 4.45. The van der Waals surface area contributed by atoms with Crippen LogP contribution in [0.2, 0.25) is 0 Å². The molecule has 1 amide bonds. The molecule has 0 radical (unpaired) electrons. The average molecular weight is 329 g/mol. The minimum absolute atomic E-state index is 0.205. The third-order valence-corrected chi connectivity index (χ3v) is 5.77. The second-order valence-corrected chi connectivity index (χ2v) is 7.34. The van der Waals surface area contributed by atoms with Crippen molar-refractivity contribution >= 4 is 5.91 Å². The van der Waals surface area contributed by atoms with Crippen LogP contribution in [0.25, 0.3) is 0 Å². The lowest BCUT2D eigenvalue weighted by atomic mass is 10.00. The van der Waals surface area contributed by atoms with Crippen molar-refractivity contribution in [3.63, 3.8) is 0 Å². The summed E-state index contributed by atoms with van der Waals surface area (Å²) < 4.78 is 11.3. The third-order valence-electron chi connectivity index (χ3n) is 5.77. The average Bonchev–Trinajstić information content (AvgIpc) is 3.31. The van der Waals surface area contributed by atoms with Crippen LogP contribution in [-0.4, -0.2) is 30.6 Å². The van der Waals surface area contributed by atoms with Gasteiger partial charge in [0.1, 0.15) is 13.2 Å². The number of rotatable bonds is 4. The van der Waals surface area contributed by atoms with Crippen molar-refractivity contribution < 1.29 is 14.3 Å². The molecular formula is C20H27NO3. The van der Waals surface area contributed by atoms with Crippen molar-refractivity contribution in [1.29, 1.82) is 0 Å². The van der Waals surface area contributed by atoms with Crippen LogP contribution in [0.15, 0.2) is 18.2 Å². The number of nitrogens with zero attached hydrogens (tertiary/aromatic N) is 1. The van der Waals surface area contributed by atoms with E-state index in [1.807, 2.05) is 6.07 Å². The van der Waals surface area contributed by atoms with E-state index >= 15 is 0 Å². The largest absolute Gasteiger partial charge is 0.486 e. The Morgan fingerprint density at radius 3 is 2.67 bits per heavy atom. The Kier molecular flexibility index (Phi) is 4.63. The van der Waals surface area contributed by atoms with Crippen molar-refractivity contribution in [2.45, 2.75) is 57.4 Å². The van der Waals surface area contributed by atoms with Gasteiger partial charge in [0.15, 0.2) is 11.5 Å². The lowest BCUT2D eigenvalue weighted by Crippen LogP contribution is -2.30. The molecule has 0 N–H and O–H groups in total. The number of fused-ring (bicyclic) bond motifs is 1. The van der Waals surface area contributed by atoms with Gasteiger partial charge in [-0.2, -0.15) is 0 Å². The first-order chi connectivity index (χ1) is 11.8. The van der Waals surface area contributed by atoms with E-state index in [9.17, 15) is 4.79 Å². The fraction of sp³-hybridized carbons (Fsp3) is 0.650. The quantitative estimate of drug-likeness (QED) is 0.835. The molecule has 4 heteroatoms. The first-order valence-electron chi connectivity index (χ1n) is 9.50. The van der Waals surface area contributed by atoms with Crippen molar-refractivity contribution in [2.75, 3.05) is 19.8 Å². The molecule has 2 heterocycles. The molecule has 4 nitrogen and oxygen atoms in total. The molecule has 0 spiro atoms. The lowest BCUT2D eigenvalue weighted by Gasteiger charge is -2.27. The van der Waals surface area contributed by atoms with E-state index in [0.29, 0.717) is 25.5 Å². The summed E-state index contributed by atoms with van der Waals surface area (Å²) in [4.78, 5) is 14.8. The van der Waals surface area contributed by atoms with Gasteiger partial charge >= 0.3 is 0 Å². The highest BCUT2D eigenvalue weighted by atomic mass is 16.6. The highest BCUT2D eigenvalue weighted by Gasteiger charge is 2.31. The molecule has 24 heavy (non-hydrogen) atoms. The first kappa shape index (κ1) is 15.8. The molecule has 2 fully saturated rings. The number of ether oxygens (including phenoxy) is 2. The van der Waals surface area contributed by atoms with Crippen LogP contribution in [0, 0.1) is 5.92 Å². The summed E-state index contributed by atoms with van der Waals surface area (Å²) in [6.45, 7) is 2.11. The monoisotopic (exact) mass is 329 g/mol. The van der Waals surface area contributed by atoms with Gasteiger partial charge in [0.25, 0.3) is 0 Å². The van der Waals surface area contributed by atoms with Crippen molar-refractivity contribution in [1.82, 2.24) is 4.90 Å². The van der Waals surface area contributed by atoms with E-state index in [1.54, 1.807) is 0 Å². The maximum Gasteiger partial charge on any atom is 0.223 e. The van der Waals surface area contributed by atoms with Gasteiger partial charge in [-0.15, -0.1) is 0 Å². The van der Waals surface area contributed by atoms with Crippen molar-refractivity contribution in [3.05, 3.63) is 23.8 Å². The van der Waals surface area contributed by atoms with E-state index in [2.05, 4.69) is 17.0 Å². The maximum absolute atomic E-state index is 12.7. The summed E-state index contributed by atoms with van der Waals surface area (Å²) in [6, 6.07) is 6.36. The van der Waals surface area contributed by atoms with Gasteiger partial charge in [-0.3, -0.25) is 4.79 Å². The summed E-state index contributed by atoms with van der Waals surface area (Å²) in [5.41, 5.74) is 1.19. The Bertz CT molecular complexity index is 595. The fourth-order valence-electron chi connectivity index (χ4n) is 4.45. The molecule has 1 saturated carbocycles. The smallest absolute Gasteiger partial charge is 0.223 e. The van der Waals surface area contributed by atoms with Crippen LogP contribution in [-0.2, 0) is 4.79 Å². The molecule has 1 unspecified atom stereocenters. The van der Waals surface area contributed by atoms with Gasteiger partial charge in [-0.25, -0.2) is 0 Å².